The van der Waals surface area contributed by atoms with Gasteiger partial charge in [-0.25, -0.2) is 0 Å². The summed E-state index contributed by atoms with van der Waals surface area (Å²) < 4.78 is 57.5. The predicted octanol–water partition coefficient (Wildman–Crippen LogP) is 6.96. The normalized spacial score (nSPS) is 17.9. The Bertz CT molecular complexity index is 484. The molecule has 8 heteroatoms. The SMILES string of the molecule is CCCCCCCCCCCCN1CCCC1CCCC.O=S(=O)(O)C(F)(F)F. The lowest BCUT2D eigenvalue weighted by atomic mass is 10.1. The van der Waals surface area contributed by atoms with Crippen LogP contribution in [-0.2, 0) is 10.1 Å². The van der Waals surface area contributed by atoms with E-state index < -0.39 is 15.6 Å². The van der Waals surface area contributed by atoms with Crippen molar-refractivity contribution in [2.75, 3.05) is 13.1 Å². The van der Waals surface area contributed by atoms with Gasteiger partial charge in [-0.05, 0) is 38.8 Å². The van der Waals surface area contributed by atoms with Crippen molar-refractivity contribution in [1.82, 2.24) is 4.90 Å². The first-order valence-corrected chi connectivity index (χ1v) is 12.8. The largest absolute Gasteiger partial charge is 0.522 e. The third-order valence-electron chi connectivity index (χ3n) is 5.48. The van der Waals surface area contributed by atoms with Crippen molar-refractivity contribution < 1.29 is 26.1 Å². The van der Waals surface area contributed by atoms with Gasteiger partial charge in [0.15, 0.2) is 0 Å². The first-order valence-electron chi connectivity index (χ1n) is 11.4. The average molecular weight is 446 g/mol. The maximum atomic E-state index is 10.7. The summed E-state index contributed by atoms with van der Waals surface area (Å²) in [6, 6.07) is 0.934. The predicted molar refractivity (Wildman–Crippen MR) is 114 cm³/mol. The molecule has 1 N–H and O–H groups in total. The van der Waals surface area contributed by atoms with Gasteiger partial charge in [0.05, 0.1) is 0 Å². The lowest BCUT2D eigenvalue weighted by molar-refractivity contribution is -0.0510. The molecule has 0 aromatic carbocycles. The topological polar surface area (TPSA) is 57.6 Å². The van der Waals surface area contributed by atoms with Crippen molar-refractivity contribution in [3.05, 3.63) is 0 Å². The third-order valence-corrected chi connectivity index (χ3v) is 6.07. The molecule has 0 aromatic heterocycles. The molecule has 0 aliphatic carbocycles. The highest BCUT2D eigenvalue weighted by atomic mass is 32.2. The Hall–Kier alpha value is -0.340. The Morgan fingerprint density at radius 2 is 1.31 bits per heavy atom. The fourth-order valence-corrected chi connectivity index (χ4v) is 3.76. The first-order chi connectivity index (χ1) is 13.6. The molecule has 1 aliphatic heterocycles. The zero-order valence-electron chi connectivity index (χ0n) is 18.4. The van der Waals surface area contributed by atoms with Crippen molar-refractivity contribution in [2.24, 2.45) is 0 Å². The van der Waals surface area contributed by atoms with Crippen LogP contribution >= 0.6 is 0 Å². The van der Waals surface area contributed by atoms with E-state index in [1.807, 2.05) is 0 Å². The molecule has 29 heavy (non-hydrogen) atoms. The molecule has 0 bridgehead atoms. The van der Waals surface area contributed by atoms with Crippen molar-refractivity contribution in [2.45, 2.75) is 122 Å². The van der Waals surface area contributed by atoms with Crippen LogP contribution in [0, 0.1) is 0 Å². The van der Waals surface area contributed by atoms with Crippen molar-refractivity contribution >= 4 is 10.1 Å². The monoisotopic (exact) mass is 445 g/mol. The molecule has 1 atom stereocenters. The minimum atomic E-state index is -5.84. The quantitative estimate of drug-likeness (QED) is 0.178. The Morgan fingerprint density at radius 3 is 1.76 bits per heavy atom. The van der Waals surface area contributed by atoms with Gasteiger partial charge in [0.25, 0.3) is 0 Å². The Kier molecular flexibility index (Phi) is 16.2. The number of halogens is 3. The van der Waals surface area contributed by atoms with Crippen molar-refractivity contribution in [1.29, 1.82) is 0 Å². The molecule has 176 valence electrons. The van der Waals surface area contributed by atoms with Crippen LogP contribution in [-0.4, -0.2) is 42.5 Å². The van der Waals surface area contributed by atoms with E-state index in [4.69, 9.17) is 13.0 Å². The summed E-state index contributed by atoms with van der Waals surface area (Å²) >= 11 is 0. The van der Waals surface area contributed by atoms with Crippen LogP contribution in [0.25, 0.3) is 0 Å². The van der Waals surface area contributed by atoms with E-state index in [1.165, 1.54) is 109 Å². The van der Waals surface area contributed by atoms with Gasteiger partial charge in [0.1, 0.15) is 0 Å². The molecular weight excluding hydrogens is 403 g/mol. The molecule has 1 fully saturated rings. The Morgan fingerprint density at radius 1 is 0.862 bits per heavy atom. The summed E-state index contributed by atoms with van der Waals surface area (Å²) in [5.41, 5.74) is -5.53. The van der Waals surface area contributed by atoms with Crippen molar-refractivity contribution in [3.8, 4) is 0 Å². The molecule has 1 saturated heterocycles. The smallest absolute Gasteiger partial charge is 0.300 e. The number of nitrogens with zero attached hydrogens (tertiary/aromatic N) is 1. The van der Waals surface area contributed by atoms with Crippen molar-refractivity contribution in [3.63, 3.8) is 0 Å². The van der Waals surface area contributed by atoms with Crippen LogP contribution in [0.15, 0.2) is 0 Å². The van der Waals surface area contributed by atoms with Crippen LogP contribution < -0.4 is 0 Å². The molecule has 1 aliphatic rings. The maximum Gasteiger partial charge on any atom is 0.522 e. The molecule has 1 heterocycles. The molecule has 0 spiro atoms. The van der Waals surface area contributed by atoms with Crippen LogP contribution in [0.1, 0.15) is 110 Å². The number of alkyl halides is 3. The van der Waals surface area contributed by atoms with E-state index in [0.717, 1.165) is 6.04 Å². The molecule has 0 amide bonds. The van der Waals surface area contributed by atoms with Gasteiger partial charge in [0.2, 0.25) is 0 Å². The maximum absolute atomic E-state index is 10.7. The number of hydrogen-bond donors (Lipinski definition) is 1. The highest BCUT2D eigenvalue weighted by Crippen LogP contribution is 2.23. The summed E-state index contributed by atoms with van der Waals surface area (Å²) in [6.45, 7) is 7.38. The van der Waals surface area contributed by atoms with Gasteiger partial charge in [-0.1, -0.05) is 84.5 Å². The standard InChI is InChI=1S/C20H41N.CHF3O3S/c1-3-5-7-8-9-10-11-12-13-14-18-21-19-15-17-20(21)16-6-4-2;2-1(3,4)8(5,6)7/h20H,3-19H2,1-2H3;(H,5,6,7). The molecule has 1 rings (SSSR count). The molecule has 4 nitrogen and oxygen atoms in total. The fraction of sp³-hybridized carbons (Fsp3) is 1.00. The minimum Gasteiger partial charge on any atom is -0.300 e. The lowest BCUT2D eigenvalue weighted by Crippen LogP contribution is -2.30. The van der Waals surface area contributed by atoms with E-state index in [0.29, 0.717) is 0 Å². The summed E-state index contributed by atoms with van der Waals surface area (Å²) in [6.07, 6.45) is 21.7. The van der Waals surface area contributed by atoms with Crippen LogP contribution in [0.2, 0.25) is 0 Å². The third kappa shape index (κ3) is 15.2. The molecule has 0 saturated carbocycles. The Labute approximate surface area is 176 Å². The van der Waals surface area contributed by atoms with Gasteiger partial charge in [0, 0.05) is 6.04 Å². The van der Waals surface area contributed by atoms with E-state index in [9.17, 15) is 13.2 Å². The van der Waals surface area contributed by atoms with E-state index >= 15 is 0 Å². The van der Waals surface area contributed by atoms with Gasteiger partial charge < -0.3 is 4.90 Å². The second-order valence-electron chi connectivity index (χ2n) is 8.08. The van der Waals surface area contributed by atoms with Gasteiger partial charge in [-0.3, -0.25) is 4.55 Å². The average Bonchev–Trinajstić information content (AvgIpc) is 3.07. The summed E-state index contributed by atoms with van der Waals surface area (Å²) in [5.74, 6) is 0. The summed E-state index contributed by atoms with van der Waals surface area (Å²) in [5, 5.41) is 0. The number of rotatable bonds is 14. The molecule has 1 unspecified atom stereocenters. The zero-order valence-corrected chi connectivity index (χ0v) is 19.2. The lowest BCUT2D eigenvalue weighted by Gasteiger charge is -2.24. The molecular formula is C21H42F3NO3S. The number of unbranched alkanes of at least 4 members (excludes halogenated alkanes) is 10. The minimum absolute atomic E-state index is 0.934. The zero-order chi connectivity index (χ0) is 22.2. The first kappa shape index (κ1) is 28.7. The highest BCUT2D eigenvalue weighted by molar-refractivity contribution is 7.86. The Balaban J connectivity index is 0.000000828. The summed E-state index contributed by atoms with van der Waals surface area (Å²) in [4.78, 5) is 2.79. The number of hydrogen-bond acceptors (Lipinski definition) is 3. The van der Waals surface area contributed by atoms with Gasteiger partial charge >= 0.3 is 15.6 Å². The highest BCUT2D eigenvalue weighted by Gasteiger charge is 2.44. The number of likely N-dealkylation sites (tertiary alicyclic amines) is 1. The van der Waals surface area contributed by atoms with E-state index in [1.54, 1.807) is 0 Å². The van der Waals surface area contributed by atoms with Crippen LogP contribution in [0.3, 0.4) is 0 Å². The summed E-state index contributed by atoms with van der Waals surface area (Å²) in [7, 11) is -5.84. The van der Waals surface area contributed by atoms with E-state index in [2.05, 4.69) is 18.7 Å². The second-order valence-corrected chi connectivity index (χ2v) is 9.49. The van der Waals surface area contributed by atoms with E-state index in [-0.39, 0.29) is 0 Å². The van der Waals surface area contributed by atoms with Crippen LogP contribution in [0.5, 0.6) is 0 Å². The van der Waals surface area contributed by atoms with Crippen LogP contribution in [0.4, 0.5) is 13.2 Å². The van der Waals surface area contributed by atoms with Gasteiger partial charge in [-0.15, -0.1) is 0 Å². The second kappa shape index (κ2) is 16.4. The van der Waals surface area contributed by atoms with Gasteiger partial charge in [-0.2, -0.15) is 21.6 Å². The molecule has 0 aromatic rings. The fourth-order valence-electron chi connectivity index (χ4n) is 3.76. The molecule has 0 radical (unpaired) electrons.